The first-order valence-corrected chi connectivity index (χ1v) is 8.24. The van der Waals surface area contributed by atoms with Crippen LogP contribution in [0.2, 0.25) is 0 Å². The molecule has 1 aromatic heterocycles. The van der Waals surface area contributed by atoms with Crippen molar-refractivity contribution in [3.63, 3.8) is 0 Å². The van der Waals surface area contributed by atoms with Gasteiger partial charge in [0.05, 0.1) is 7.11 Å². The van der Waals surface area contributed by atoms with Crippen molar-refractivity contribution in [2.24, 2.45) is 0 Å². The summed E-state index contributed by atoms with van der Waals surface area (Å²) in [6, 6.07) is -0.433. The predicted molar refractivity (Wildman–Crippen MR) is 81.6 cm³/mol. The van der Waals surface area contributed by atoms with E-state index in [1.54, 1.807) is 0 Å². The number of thioether (sulfide) groups is 1. The van der Waals surface area contributed by atoms with Crippen molar-refractivity contribution in [1.29, 1.82) is 0 Å². The van der Waals surface area contributed by atoms with Crippen molar-refractivity contribution in [2.45, 2.75) is 37.4 Å². The Kier molecular flexibility index (Phi) is 6.05. The van der Waals surface area contributed by atoms with E-state index < -0.39 is 12.1 Å². The third-order valence-electron chi connectivity index (χ3n) is 3.42. The van der Waals surface area contributed by atoms with Crippen LogP contribution >= 0.6 is 11.8 Å². The molecule has 1 aromatic rings. The van der Waals surface area contributed by atoms with Gasteiger partial charge in [-0.2, -0.15) is 0 Å². The van der Waals surface area contributed by atoms with Crippen molar-refractivity contribution < 1.29 is 14.3 Å². The standard InChI is InChI=1S/C13H21N5O3S/c1-9-15-12(17-16-9)22-8-6-14-11(19)10-5-3-4-7-18(10)13(20)21-2/h10H,3-8H2,1-2H3,(H,14,19)(H,15,16,17)/t10-/m1/s1. The van der Waals surface area contributed by atoms with Crippen LogP contribution in [-0.2, 0) is 9.53 Å². The average Bonchev–Trinajstić information content (AvgIpc) is 2.96. The Labute approximate surface area is 133 Å². The number of aromatic nitrogens is 3. The quantitative estimate of drug-likeness (QED) is 0.617. The molecule has 1 saturated heterocycles. The Morgan fingerprint density at radius 1 is 1.50 bits per heavy atom. The first-order valence-electron chi connectivity index (χ1n) is 7.26. The van der Waals surface area contributed by atoms with Gasteiger partial charge in [-0.05, 0) is 26.2 Å². The molecule has 2 rings (SSSR count). The summed E-state index contributed by atoms with van der Waals surface area (Å²) in [6.45, 7) is 2.90. The number of carbonyl (C=O) groups is 2. The molecule has 1 aliphatic rings. The highest BCUT2D eigenvalue weighted by Gasteiger charge is 2.32. The molecule has 0 aliphatic carbocycles. The van der Waals surface area contributed by atoms with Gasteiger partial charge in [0.15, 0.2) is 0 Å². The van der Waals surface area contributed by atoms with Crippen molar-refractivity contribution >= 4 is 23.8 Å². The summed E-state index contributed by atoms with van der Waals surface area (Å²) in [5.41, 5.74) is 0. The minimum Gasteiger partial charge on any atom is -0.453 e. The van der Waals surface area contributed by atoms with Gasteiger partial charge < -0.3 is 10.1 Å². The van der Waals surface area contributed by atoms with Gasteiger partial charge in [0.25, 0.3) is 0 Å². The maximum Gasteiger partial charge on any atom is 0.410 e. The third-order valence-corrected chi connectivity index (χ3v) is 4.27. The highest BCUT2D eigenvalue weighted by Crippen LogP contribution is 2.18. The number of nitrogens with one attached hydrogen (secondary N) is 2. The van der Waals surface area contributed by atoms with E-state index in [0.717, 1.165) is 18.7 Å². The second kappa shape index (κ2) is 8.02. The molecule has 8 nitrogen and oxygen atoms in total. The number of hydrogen-bond acceptors (Lipinski definition) is 6. The van der Waals surface area contributed by atoms with E-state index in [-0.39, 0.29) is 5.91 Å². The summed E-state index contributed by atoms with van der Waals surface area (Å²) in [5, 5.41) is 10.3. The fraction of sp³-hybridized carbons (Fsp3) is 0.692. The number of aromatic amines is 1. The number of H-pyrrole nitrogens is 1. The molecule has 122 valence electrons. The van der Waals surface area contributed by atoms with Gasteiger partial charge in [0, 0.05) is 18.8 Å². The van der Waals surface area contributed by atoms with Crippen LogP contribution in [0.4, 0.5) is 4.79 Å². The van der Waals surface area contributed by atoms with Crippen LogP contribution in [0.1, 0.15) is 25.1 Å². The molecule has 0 spiro atoms. The summed E-state index contributed by atoms with van der Waals surface area (Å²) in [7, 11) is 1.33. The fourth-order valence-electron chi connectivity index (χ4n) is 2.36. The van der Waals surface area contributed by atoms with Gasteiger partial charge in [-0.15, -0.1) is 5.10 Å². The predicted octanol–water partition coefficient (Wildman–Crippen LogP) is 0.942. The zero-order valence-corrected chi connectivity index (χ0v) is 13.6. The van der Waals surface area contributed by atoms with Crippen LogP contribution in [0.3, 0.4) is 0 Å². The summed E-state index contributed by atoms with van der Waals surface area (Å²) in [4.78, 5) is 29.6. The van der Waals surface area contributed by atoms with Gasteiger partial charge in [-0.1, -0.05) is 11.8 Å². The maximum atomic E-state index is 12.2. The van der Waals surface area contributed by atoms with Crippen molar-refractivity contribution in [3.8, 4) is 0 Å². The average molecular weight is 327 g/mol. The second-order valence-corrected chi connectivity index (χ2v) is 6.08. The number of piperidine rings is 1. The van der Waals surface area contributed by atoms with Crippen molar-refractivity contribution in [2.75, 3.05) is 26.0 Å². The molecule has 9 heteroatoms. The number of carbonyl (C=O) groups excluding carboxylic acids is 2. The molecular formula is C13H21N5O3S. The van der Waals surface area contributed by atoms with Crippen LogP contribution in [0.25, 0.3) is 0 Å². The number of rotatable bonds is 5. The minimum atomic E-state index is -0.439. The molecule has 2 heterocycles. The molecule has 22 heavy (non-hydrogen) atoms. The Morgan fingerprint density at radius 3 is 3.00 bits per heavy atom. The highest BCUT2D eigenvalue weighted by atomic mass is 32.2. The summed E-state index contributed by atoms with van der Waals surface area (Å²) >= 11 is 1.47. The van der Waals surface area contributed by atoms with E-state index in [9.17, 15) is 9.59 Å². The van der Waals surface area contributed by atoms with Crippen molar-refractivity contribution in [3.05, 3.63) is 5.82 Å². The Balaban J connectivity index is 1.76. The lowest BCUT2D eigenvalue weighted by Gasteiger charge is -2.33. The topological polar surface area (TPSA) is 100 Å². The first-order chi connectivity index (χ1) is 10.6. The van der Waals surface area contributed by atoms with E-state index in [2.05, 4.69) is 20.5 Å². The number of amides is 2. The lowest BCUT2D eigenvalue weighted by molar-refractivity contribution is -0.126. The van der Waals surface area contributed by atoms with Crippen LogP contribution in [0.15, 0.2) is 5.16 Å². The number of likely N-dealkylation sites (tertiary alicyclic amines) is 1. The monoisotopic (exact) mass is 327 g/mol. The number of methoxy groups -OCH3 is 1. The van der Waals surface area contributed by atoms with E-state index in [1.165, 1.54) is 23.8 Å². The van der Waals surface area contributed by atoms with Gasteiger partial charge in [0.1, 0.15) is 11.9 Å². The van der Waals surface area contributed by atoms with Crippen LogP contribution in [0, 0.1) is 6.92 Å². The van der Waals surface area contributed by atoms with Gasteiger partial charge in [-0.3, -0.25) is 14.8 Å². The molecule has 0 bridgehead atoms. The highest BCUT2D eigenvalue weighted by molar-refractivity contribution is 7.99. The SMILES string of the molecule is COC(=O)N1CCCC[C@@H]1C(=O)NCCSc1n[nH]c(C)n1. The number of hydrogen-bond donors (Lipinski definition) is 2. The Morgan fingerprint density at radius 2 is 2.32 bits per heavy atom. The largest absolute Gasteiger partial charge is 0.453 e. The summed E-state index contributed by atoms with van der Waals surface area (Å²) < 4.78 is 4.74. The van der Waals surface area contributed by atoms with Crippen LogP contribution in [-0.4, -0.2) is 64.1 Å². The normalized spacial score (nSPS) is 18.1. The number of ether oxygens (including phenoxy) is 1. The molecule has 2 amide bonds. The van der Waals surface area contributed by atoms with E-state index >= 15 is 0 Å². The lowest BCUT2D eigenvalue weighted by Crippen LogP contribution is -2.52. The van der Waals surface area contributed by atoms with E-state index in [1.807, 2.05) is 6.92 Å². The van der Waals surface area contributed by atoms with Gasteiger partial charge in [0.2, 0.25) is 11.1 Å². The molecule has 0 saturated carbocycles. The molecule has 0 aromatic carbocycles. The van der Waals surface area contributed by atoms with Gasteiger partial charge in [-0.25, -0.2) is 9.78 Å². The Hall–Kier alpha value is -1.77. The van der Waals surface area contributed by atoms with E-state index in [0.29, 0.717) is 30.4 Å². The first kappa shape index (κ1) is 16.6. The second-order valence-electron chi connectivity index (χ2n) is 5.02. The smallest absolute Gasteiger partial charge is 0.410 e. The summed E-state index contributed by atoms with van der Waals surface area (Å²) in [6.07, 6.45) is 2.08. The molecular weight excluding hydrogens is 306 g/mol. The Bertz CT molecular complexity index is 522. The molecule has 1 fully saturated rings. The van der Waals surface area contributed by atoms with Crippen LogP contribution < -0.4 is 5.32 Å². The molecule has 1 aliphatic heterocycles. The minimum absolute atomic E-state index is 0.128. The van der Waals surface area contributed by atoms with Crippen LogP contribution in [0.5, 0.6) is 0 Å². The molecule has 2 N–H and O–H groups in total. The third kappa shape index (κ3) is 4.36. The fourth-order valence-corrected chi connectivity index (χ4v) is 3.06. The number of nitrogens with zero attached hydrogens (tertiary/aromatic N) is 3. The molecule has 1 atom stereocenters. The van der Waals surface area contributed by atoms with E-state index in [4.69, 9.17) is 4.74 Å². The van der Waals surface area contributed by atoms with Gasteiger partial charge >= 0.3 is 6.09 Å². The maximum absolute atomic E-state index is 12.2. The van der Waals surface area contributed by atoms with Crippen molar-refractivity contribution in [1.82, 2.24) is 25.4 Å². The molecule has 0 radical (unpaired) electrons. The summed E-state index contributed by atoms with van der Waals surface area (Å²) in [5.74, 6) is 1.31. The zero-order chi connectivity index (χ0) is 15.9. The molecule has 0 unspecified atom stereocenters. The zero-order valence-electron chi connectivity index (χ0n) is 12.8. The number of aryl methyl sites for hydroxylation is 1. The lowest BCUT2D eigenvalue weighted by atomic mass is 10.0.